The van der Waals surface area contributed by atoms with E-state index in [9.17, 15) is 18.0 Å². The van der Waals surface area contributed by atoms with Gasteiger partial charge in [0.1, 0.15) is 5.52 Å². The average Bonchev–Trinajstić information content (AvgIpc) is 3.14. The van der Waals surface area contributed by atoms with Gasteiger partial charge in [-0.25, -0.2) is 9.97 Å². The number of halogens is 3. The highest BCUT2D eigenvalue weighted by Crippen LogP contribution is 2.27. The Kier molecular flexibility index (Phi) is 7.99. The Morgan fingerprint density at radius 3 is 2.76 bits per heavy atom. The number of hydrogen-bond donors (Lipinski definition) is 0. The quantitative estimate of drug-likeness (QED) is 0.364. The molecule has 3 aromatic rings. The lowest BCUT2D eigenvalue weighted by molar-refractivity contribution is -0.154. The third kappa shape index (κ3) is 6.91. The van der Waals surface area contributed by atoms with E-state index in [1.54, 1.807) is 13.0 Å². The molecule has 2 aliphatic rings. The van der Waals surface area contributed by atoms with Crippen LogP contribution in [0.15, 0.2) is 34.7 Å². The molecule has 0 N–H and O–H groups in total. The maximum atomic E-state index is 12.8. The summed E-state index contributed by atoms with van der Waals surface area (Å²) in [5, 5.41) is 0. The van der Waals surface area contributed by atoms with Crippen molar-refractivity contribution < 1.29 is 31.9 Å². The first-order valence-electron chi connectivity index (χ1n) is 13.1. The number of oxazole rings is 1. The van der Waals surface area contributed by atoms with Crippen molar-refractivity contribution in [1.82, 2.24) is 14.9 Å². The number of hydrogen-bond acceptors (Lipinski definition) is 7. The fourth-order valence-electron chi connectivity index (χ4n) is 5.24. The second-order valence-corrected chi connectivity index (χ2v) is 10.2. The van der Waals surface area contributed by atoms with Crippen LogP contribution in [0.5, 0.6) is 5.88 Å². The van der Waals surface area contributed by atoms with Gasteiger partial charge in [-0.3, -0.25) is 4.79 Å². The number of carbonyl (C=O) groups excluding carboxylic acids is 1. The Labute approximate surface area is 219 Å². The monoisotopic (exact) mass is 531 g/mol. The van der Waals surface area contributed by atoms with Gasteiger partial charge in [0.2, 0.25) is 5.88 Å². The summed E-state index contributed by atoms with van der Waals surface area (Å²) in [7, 11) is 0. The molecule has 1 saturated heterocycles. The van der Waals surface area contributed by atoms with Gasteiger partial charge >= 0.3 is 6.18 Å². The molecule has 0 amide bonds. The largest absolute Gasteiger partial charge is 0.468 e. The molecule has 7 nitrogen and oxygen atoms in total. The molecule has 1 fully saturated rings. The zero-order valence-corrected chi connectivity index (χ0v) is 21.4. The van der Waals surface area contributed by atoms with Gasteiger partial charge in [0, 0.05) is 56.7 Å². The Balaban J connectivity index is 1.04. The van der Waals surface area contributed by atoms with E-state index in [0.717, 1.165) is 62.1 Å². The smallest absolute Gasteiger partial charge is 0.422 e. The molecule has 2 atom stereocenters. The summed E-state index contributed by atoms with van der Waals surface area (Å²) in [5.74, 6) is 0.907. The topological polar surface area (TPSA) is 77.7 Å². The van der Waals surface area contributed by atoms with Crippen molar-refractivity contribution in [1.29, 1.82) is 0 Å². The van der Waals surface area contributed by atoms with Crippen molar-refractivity contribution in [3.63, 3.8) is 0 Å². The number of benzene rings is 1. The molecule has 0 spiro atoms. The molecule has 4 heterocycles. The maximum Gasteiger partial charge on any atom is 0.422 e. The number of alkyl halides is 3. The van der Waals surface area contributed by atoms with Crippen molar-refractivity contribution in [2.24, 2.45) is 5.92 Å². The lowest BCUT2D eigenvalue weighted by Crippen LogP contribution is -2.33. The Bertz CT molecular complexity index is 1270. The first kappa shape index (κ1) is 26.6. The van der Waals surface area contributed by atoms with Gasteiger partial charge in [-0.2, -0.15) is 13.2 Å². The maximum absolute atomic E-state index is 12.8. The van der Waals surface area contributed by atoms with E-state index < -0.39 is 12.8 Å². The van der Waals surface area contributed by atoms with Crippen LogP contribution in [0.25, 0.3) is 11.1 Å². The van der Waals surface area contributed by atoms with E-state index in [2.05, 4.69) is 14.9 Å². The van der Waals surface area contributed by atoms with Crippen LogP contribution >= 0.6 is 0 Å². The van der Waals surface area contributed by atoms with Crippen molar-refractivity contribution in [3.8, 4) is 5.88 Å². The van der Waals surface area contributed by atoms with Crippen LogP contribution < -0.4 is 4.74 Å². The van der Waals surface area contributed by atoms with Gasteiger partial charge in [0.15, 0.2) is 23.9 Å². The molecule has 0 bridgehead atoms. The number of carbonyl (C=O) groups is 1. The summed E-state index contributed by atoms with van der Waals surface area (Å²) < 4.78 is 53.8. The standard InChI is InChI=1S/C28H32F3N3O4/c1-18-32-24-6-3-21(15-26(24)38-18)25(35)14-19-2-5-22(36-16-19)9-12-34-11-8-20-4-7-27(33-23(20)10-13-34)37-17-28(29,30)31/h3-4,6-7,15,19,22H,2,5,8-14,16-17H2,1H3/t19-,22-/m1/s1. The van der Waals surface area contributed by atoms with E-state index in [4.69, 9.17) is 13.9 Å². The van der Waals surface area contributed by atoms with E-state index in [1.165, 1.54) is 6.07 Å². The number of aryl methyl sites for hydroxylation is 1. The SMILES string of the molecule is Cc1nc2ccc(C(=O)C[C@H]3CC[C@H](CCN4CCc5ccc(OCC(F)(F)F)nc5CC4)OC3)cc2o1. The predicted molar refractivity (Wildman–Crippen MR) is 134 cm³/mol. The van der Waals surface area contributed by atoms with Gasteiger partial charge in [0.05, 0.1) is 12.7 Å². The van der Waals surface area contributed by atoms with E-state index >= 15 is 0 Å². The lowest BCUT2D eigenvalue weighted by Gasteiger charge is -2.30. The molecule has 204 valence electrons. The van der Waals surface area contributed by atoms with Crippen LogP contribution in [-0.2, 0) is 17.6 Å². The number of ketones is 1. The number of Topliss-reactive ketones (excluding diaryl/α,β-unsaturated/α-hetero) is 1. The van der Waals surface area contributed by atoms with Gasteiger partial charge in [-0.15, -0.1) is 0 Å². The number of pyridine rings is 1. The summed E-state index contributed by atoms with van der Waals surface area (Å²) in [6.07, 6.45) is 0.507. The zero-order valence-electron chi connectivity index (χ0n) is 21.4. The first-order valence-corrected chi connectivity index (χ1v) is 13.1. The number of nitrogens with zero attached hydrogens (tertiary/aromatic N) is 3. The summed E-state index contributed by atoms with van der Waals surface area (Å²) in [6.45, 7) is 3.58. The molecule has 0 unspecified atom stereocenters. The molecule has 0 radical (unpaired) electrons. The number of rotatable bonds is 8. The summed E-state index contributed by atoms with van der Waals surface area (Å²) in [6, 6.07) is 8.75. The minimum absolute atomic E-state index is 0.0202. The number of fused-ring (bicyclic) bond motifs is 2. The summed E-state index contributed by atoms with van der Waals surface area (Å²) in [4.78, 5) is 23.8. The van der Waals surface area contributed by atoms with Crippen LogP contribution in [-0.4, -0.2) is 65.8 Å². The van der Waals surface area contributed by atoms with E-state index in [-0.39, 0.29) is 23.7 Å². The predicted octanol–water partition coefficient (Wildman–Crippen LogP) is 5.33. The molecular formula is C28H32F3N3O4. The Morgan fingerprint density at radius 1 is 1.13 bits per heavy atom. The molecule has 0 aliphatic carbocycles. The molecule has 2 aromatic heterocycles. The summed E-state index contributed by atoms with van der Waals surface area (Å²) >= 11 is 0. The van der Waals surface area contributed by atoms with Crippen molar-refractivity contribution in [3.05, 3.63) is 53.0 Å². The molecule has 10 heteroatoms. The first-order chi connectivity index (χ1) is 18.2. The molecular weight excluding hydrogens is 499 g/mol. The van der Waals surface area contributed by atoms with E-state index in [0.29, 0.717) is 36.5 Å². The molecule has 0 saturated carbocycles. The van der Waals surface area contributed by atoms with Crippen LogP contribution in [0, 0.1) is 12.8 Å². The van der Waals surface area contributed by atoms with Crippen molar-refractivity contribution >= 4 is 16.9 Å². The molecule has 1 aromatic carbocycles. The van der Waals surface area contributed by atoms with Gasteiger partial charge in [0.25, 0.3) is 0 Å². The highest BCUT2D eigenvalue weighted by molar-refractivity contribution is 5.98. The Morgan fingerprint density at radius 2 is 1.97 bits per heavy atom. The molecule has 38 heavy (non-hydrogen) atoms. The number of ether oxygens (including phenoxy) is 2. The van der Waals surface area contributed by atoms with Crippen LogP contribution in [0.1, 0.15) is 53.2 Å². The van der Waals surface area contributed by atoms with Crippen LogP contribution in [0.2, 0.25) is 0 Å². The molecule has 5 rings (SSSR count). The van der Waals surface area contributed by atoms with Gasteiger partial charge < -0.3 is 18.8 Å². The van der Waals surface area contributed by atoms with E-state index in [1.807, 2.05) is 18.2 Å². The lowest BCUT2D eigenvalue weighted by atomic mass is 9.91. The van der Waals surface area contributed by atoms with Crippen LogP contribution in [0.4, 0.5) is 13.2 Å². The minimum Gasteiger partial charge on any atom is -0.468 e. The normalized spacial score (nSPS) is 20.7. The van der Waals surface area contributed by atoms with Crippen molar-refractivity contribution in [2.45, 2.75) is 57.7 Å². The third-order valence-electron chi connectivity index (χ3n) is 7.31. The zero-order chi connectivity index (χ0) is 26.7. The second kappa shape index (κ2) is 11.4. The summed E-state index contributed by atoms with van der Waals surface area (Å²) in [5.41, 5.74) is 3.91. The minimum atomic E-state index is -4.38. The fraction of sp³-hybridized carbons (Fsp3) is 0.536. The number of aromatic nitrogens is 2. The van der Waals surface area contributed by atoms with Gasteiger partial charge in [-0.05, 0) is 55.4 Å². The van der Waals surface area contributed by atoms with Crippen LogP contribution in [0.3, 0.4) is 0 Å². The average molecular weight is 532 g/mol. The Hall–Kier alpha value is -2.98. The fourth-order valence-corrected chi connectivity index (χ4v) is 5.24. The van der Waals surface area contributed by atoms with Gasteiger partial charge in [-0.1, -0.05) is 6.07 Å². The third-order valence-corrected chi connectivity index (χ3v) is 7.31. The highest BCUT2D eigenvalue weighted by atomic mass is 19.4. The molecule has 2 aliphatic heterocycles. The second-order valence-electron chi connectivity index (χ2n) is 10.2. The van der Waals surface area contributed by atoms with Crippen molar-refractivity contribution in [2.75, 3.05) is 32.8 Å². The highest BCUT2D eigenvalue weighted by Gasteiger charge is 2.29.